The van der Waals surface area contributed by atoms with Crippen LogP contribution < -0.4 is 10.2 Å². The van der Waals surface area contributed by atoms with Crippen molar-refractivity contribution in [2.45, 2.75) is 12.5 Å². The van der Waals surface area contributed by atoms with Gasteiger partial charge in [-0.25, -0.2) is 4.39 Å². The van der Waals surface area contributed by atoms with E-state index in [1.165, 1.54) is 24.3 Å². The fraction of sp³-hybridized carbons (Fsp3) is 0.176. The van der Waals surface area contributed by atoms with Gasteiger partial charge in [-0.05, 0) is 48.5 Å². The smallest absolute Gasteiger partial charge is 0.251 e. The summed E-state index contributed by atoms with van der Waals surface area (Å²) in [6.07, 6.45) is 0.232. The molecule has 0 aromatic heterocycles. The van der Waals surface area contributed by atoms with Crippen molar-refractivity contribution >= 4 is 29.1 Å². The van der Waals surface area contributed by atoms with Crippen molar-refractivity contribution in [1.82, 2.24) is 5.32 Å². The van der Waals surface area contributed by atoms with Crippen molar-refractivity contribution in [2.24, 2.45) is 0 Å². The van der Waals surface area contributed by atoms with E-state index in [-0.39, 0.29) is 24.3 Å². The molecule has 6 heteroatoms. The number of nitrogens with one attached hydrogen (secondary N) is 1. The van der Waals surface area contributed by atoms with Gasteiger partial charge in [-0.2, -0.15) is 0 Å². The van der Waals surface area contributed by atoms with Crippen LogP contribution in [0.2, 0.25) is 5.02 Å². The Labute approximate surface area is 137 Å². The number of carbonyl (C=O) groups is 2. The van der Waals surface area contributed by atoms with Crippen molar-refractivity contribution in [1.29, 1.82) is 0 Å². The molecule has 1 N–H and O–H groups in total. The second kappa shape index (κ2) is 6.38. The largest absolute Gasteiger partial charge is 0.347 e. The van der Waals surface area contributed by atoms with Crippen molar-refractivity contribution in [3.8, 4) is 0 Å². The Balaban J connectivity index is 1.66. The van der Waals surface area contributed by atoms with Gasteiger partial charge in [-0.3, -0.25) is 9.59 Å². The number of carbonyl (C=O) groups excluding carboxylic acids is 2. The third-order valence-electron chi connectivity index (χ3n) is 3.70. The Morgan fingerprint density at radius 2 is 1.78 bits per heavy atom. The molecule has 1 atom stereocenters. The fourth-order valence-corrected chi connectivity index (χ4v) is 2.67. The van der Waals surface area contributed by atoms with Crippen LogP contribution in [0.1, 0.15) is 16.8 Å². The molecule has 1 aliphatic rings. The van der Waals surface area contributed by atoms with Crippen molar-refractivity contribution in [2.75, 3.05) is 11.4 Å². The molecular formula is C17H14ClFN2O2. The zero-order valence-corrected chi connectivity index (χ0v) is 12.9. The monoisotopic (exact) mass is 332 g/mol. The van der Waals surface area contributed by atoms with Gasteiger partial charge < -0.3 is 10.2 Å². The van der Waals surface area contributed by atoms with E-state index < -0.39 is 5.82 Å². The van der Waals surface area contributed by atoms with E-state index in [2.05, 4.69) is 5.32 Å². The minimum absolute atomic E-state index is 0.0586. The highest BCUT2D eigenvalue weighted by atomic mass is 35.5. The second-order valence-corrected chi connectivity index (χ2v) is 5.80. The van der Waals surface area contributed by atoms with Crippen LogP contribution in [0.3, 0.4) is 0 Å². The first-order chi connectivity index (χ1) is 11.0. The maximum atomic E-state index is 12.9. The number of amides is 2. The Kier molecular flexibility index (Phi) is 4.30. The van der Waals surface area contributed by atoms with Gasteiger partial charge in [0.25, 0.3) is 5.91 Å². The van der Waals surface area contributed by atoms with Crippen LogP contribution in [0.4, 0.5) is 10.1 Å². The van der Waals surface area contributed by atoms with E-state index in [0.717, 1.165) is 5.69 Å². The van der Waals surface area contributed by atoms with Gasteiger partial charge in [0.05, 0.1) is 6.04 Å². The lowest BCUT2D eigenvalue weighted by Crippen LogP contribution is -2.37. The zero-order chi connectivity index (χ0) is 16.4. The Morgan fingerprint density at radius 3 is 2.43 bits per heavy atom. The van der Waals surface area contributed by atoms with E-state index in [9.17, 15) is 14.0 Å². The molecule has 0 bridgehead atoms. The highest BCUT2D eigenvalue weighted by Gasteiger charge is 2.31. The average molecular weight is 333 g/mol. The van der Waals surface area contributed by atoms with Crippen LogP contribution in [0.15, 0.2) is 48.5 Å². The summed E-state index contributed by atoms with van der Waals surface area (Å²) in [6, 6.07) is 12.0. The van der Waals surface area contributed by atoms with Gasteiger partial charge in [0.2, 0.25) is 5.91 Å². The fourth-order valence-electron chi connectivity index (χ4n) is 2.54. The number of hydrogen-bond donors (Lipinski definition) is 1. The lowest BCUT2D eigenvalue weighted by molar-refractivity contribution is -0.117. The molecule has 1 unspecified atom stereocenters. The molecule has 0 aliphatic carbocycles. The highest BCUT2D eigenvalue weighted by molar-refractivity contribution is 6.30. The summed E-state index contributed by atoms with van der Waals surface area (Å²) in [5.41, 5.74) is 1.11. The number of halogens is 2. The van der Waals surface area contributed by atoms with Gasteiger partial charge >= 0.3 is 0 Å². The van der Waals surface area contributed by atoms with Gasteiger partial charge in [0.15, 0.2) is 0 Å². The molecule has 3 rings (SSSR count). The topological polar surface area (TPSA) is 49.4 Å². The average Bonchev–Trinajstić information content (AvgIpc) is 2.89. The SMILES string of the molecule is O=C(NC1CC(=O)N(c2ccc(Cl)cc2)C1)c1ccc(F)cc1. The molecule has 4 nitrogen and oxygen atoms in total. The molecule has 1 fully saturated rings. The Hall–Kier alpha value is -2.40. The van der Waals surface area contributed by atoms with Gasteiger partial charge in [-0.15, -0.1) is 0 Å². The maximum absolute atomic E-state index is 12.9. The lowest BCUT2D eigenvalue weighted by Gasteiger charge is -2.17. The summed E-state index contributed by atoms with van der Waals surface area (Å²) in [4.78, 5) is 25.9. The number of anilines is 1. The summed E-state index contributed by atoms with van der Waals surface area (Å²) < 4.78 is 12.9. The summed E-state index contributed by atoms with van der Waals surface area (Å²) in [6.45, 7) is 0.396. The number of rotatable bonds is 3. The normalized spacial score (nSPS) is 17.4. The van der Waals surface area contributed by atoms with E-state index >= 15 is 0 Å². The summed E-state index contributed by atoms with van der Waals surface area (Å²) in [7, 11) is 0. The second-order valence-electron chi connectivity index (χ2n) is 5.36. The molecule has 1 aliphatic heterocycles. The quantitative estimate of drug-likeness (QED) is 0.939. The van der Waals surface area contributed by atoms with Crippen molar-refractivity contribution in [3.63, 3.8) is 0 Å². The highest BCUT2D eigenvalue weighted by Crippen LogP contribution is 2.23. The summed E-state index contributed by atoms with van der Waals surface area (Å²) in [5.74, 6) is -0.774. The molecule has 2 aromatic rings. The van der Waals surface area contributed by atoms with Gasteiger partial charge in [-0.1, -0.05) is 11.6 Å². The van der Waals surface area contributed by atoms with Gasteiger partial charge in [0.1, 0.15) is 5.82 Å². The van der Waals surface area contributed by atoms with Crippen LogP contribution in [0, 0.1) is 5.82 Å². The van der Waals surface area contributed by atoms with Gasteiger partial charge in [0, 0.05) is 29.2 Å². The van der Waals surface area contributed by atoms with Crippen LogP contribution in [-0.2, 0) is 4.79 Å². The van der Waals surface area contributed by atoms with E-state index in [1.807, 2.05) is 0 Å². The standard InChI is InChI=1S/C17H14ClFN2O2/c18-12-3-7-15(8-4-12)21-10-14(9-16(21)22)20-17(23)11-1-5-13(19)6-2-11/h1-8,14H,9-10H2,(H,20,23). The van der Waals surface area contributed by atoms with Crippen molar-refractivity contribution in [3.05, 3.63) is 64.9 Å². The molecular weight excluding hydrogens is 319 g/mol. The first-order valence-corrected chi connectivity index (χ1v) is 7.53. The van der Waals surface area contributed by atoms with E-state index in [1.54, 1.807) is 29.2 Å². The Morgan fingerprint density at radius 1 is 1.13 bits per heavy atom. The maximum Gasteiger partial charge on any atom is 0.251 e. The predicted octanol–water partition coefficient (Wildman–Crippen LogP) is 3.01. The number of hydrogen-bond acceptors (Lipinski definition) is 2. The molecule has 23 heavy (non-hydrogen) atoms. The summed E-state index contributed by atoms with van der Waals surface area (Å²) in [5, 5.41) is 3.40. The van der Waals surface area contributed by atoms with Crippen LogP contribution in [-0.4, -0.2) is 24.4 Å². The van der Waals surface area contributed by atoms with Crippen LogP contribution in [0.5, 0.6) is 0 Å². The van der Waals surface area contributed by atoms with E-state index in [0.29, 0.717) is 17.1 Å². The van der Waals surface area contributed by atoms with Crippen LogP contribution in [0.25, 0.3) is 0 Å². The molecule has 0 saturated carbocycles. The summed E-state index contributed by atoms with van der Waals surface area (Å²) >= 11 is 5.84. The third-order valence-corrected chi connectivity index (χ3v) is 3.96. The first kappa shape index (κ1) is 15.5. The van der Waals surface area contributed by atoms with E-state index in [4.69, 9.17) is 11.6 Å². The minimum atomic E-state index is -0.397. The number of nitrogens with zero attached hydrogens (tertiary/aromatic N) is 1. The zero-order valence-electron chi connectivity index (χ0n) is 12.1. The molecule has 2 amide bonds. The first-order valence-electron chi connectivity index (χ1n) is 7.15. The molecule has 0 radical (unpaired) electrons. The van der Waals surface area contributed by atoms with Crippen molar-refractivity contribution < 1.29 is 14.0 Å². The molecule has 0 spiro atoms. The number of benzene rings is 2. The molecule has 2 aromatic carbocycles. The minimum Gasteiger partial charge on any atom is -0.347 e. The molecule has 1 heterocycles. The Bertz CT molecular complexity index is 731. The predicted molar refractivity (Wildman–Crippen MR) is 86.1 cm³/mol. The molecule has 118 valence electrons. The molecule has 1 saturated heterocycles. The van der Waals surface area contributed by atoms with Crippen LogP contribution >= 0.6 is 11.6 Å². The lowest BCUT2D eigenvalue weighted by atomic mass is 10.2. The third kappa shape index (κ3) is 3.51.